The highest BCUT2D eigenvalue weighted by Gasteiger charge is 2.33. The molecule has 0 aromatic carbocycles. The number of rotatable bonds is 1. The summed E-state index contributed by atoms with van der Waals surface area (Å²) in [6, 6.07) is 0. The van der Waals surface area contributed by atoms with Crippen molar-refractivity contribution in [1.29, 1.82) is 0 Å². The van der Waals surface area contributed by atoms with Crippen molar-refractivity contribution in [1.82, 2.24) is 5.06 Å². The van der Waals surface area contributed by atoms with Gasteiger partial charge in [-0.15, -0.1) is 0 Å². The molecule has 1 fully saturated rings. The Kier molecular flexibility index (Phi) is 2.24. The number of amides is 2. The second kappa shape index (κ2) is 3.18. The van der Waals surface area contributed by atoms with Gasteiger partial charge in [-0.2, -0.15) is 10.7 Å². The Morgan fingerprint density at radius 2 is 1.83 bits per heavy atom. The lowest BCUT2D eigenvalue weighted by molar-refractivity contribution is -0.177. The number of hydroxylamine groups is 2. The van der Waals surface area contributed by atoms with E-state index in [0.717, 1.165) is 0 Å². The van der Waals surface area contributed by atoms with E-state index in [1.807, 2.05) is 0 Å². The van der Waals surface area contributed by atoms with Gasteiger partial charge in [0.1, 0.15) is 0 Å². The van der Waals surface area contributed by atoms with E-state index in [1.165, 1.54) is 0 Å². The molecule has 12 heavy (non-hydrogen) atoms. The van der Waals surface area contributed by atoms with Crippen molar-refractivity contribution in [3.63, 3.8) is 0 Å². The number of nitrogens with two attached hydrogens (primary N) is 1. The molecular weight excluding hydrogens is 168 g/mol. The van der Waals surface area contributed by atoms with Crippen LogP contribution in [-0.4, -0.2) is 23.0 Å². The summed E-state index contributed by atoms with van der Waals surface area (Å²) in [4.78, 5) is 39.6. The van der Waals surface area contributed by atoms with Gasteiger partial charge in [0, 0.05) is 12.8 Å². The minimum Gasteiger partial charge on any atom is -0.339 e. The molecule has 66 valence electrons. The molecule has 0 aromatic rings. The van der Waals surface area contributed by atoms with Gasteiger partial charge in [0.2, 0.25) is 0 Å². The summed E-state index contributed by atoms with van der Waals surface area (Å²) in [5.74, 6) is 3.26. The van der Waals surface area contributed by atoms with Crippen molar-refractivity contribution in [2.75, 3.05) is 0 Å². The molecule has 1 saturated heterocycles. The van der Waals surface area contributed by atoms with Crippen LogP contribution in [0.5, 0.6) is 0 Å². The van der Waals surface area contributed by atoms with E-state index in [9.17, 15) is 14.4 Å². The summed E-state index contributed by atoms with van der Waals surface area (Å²) < 4.78 is 0. The molecule has 2 amide bonds. The van der Waals surface area contributed by atoms with Gasteiger partial charge in [-0.1, -0.05) is 5.06 Å². The third kappa shape index (κ3) is 1.51. The topological polar surface area (TPSA) is 98.9 Å². The van der Waals surface area contributed by atoms with Crippen LogP contribution in [0.15, 0.2) is 0 Å². The van der Waals surface area contributed by atoms with E-state index in [2.05, 4.69) is 15.6 Å². The molecule has 0 radical (unpaired) electrons. The van der Waals surface area contributed by atoms with Crippen LogP contribution >= 0.6 is 0 Å². The molecule has 1 aliphatic rings. The maximum atomic E-state index is 10.8. The second-order valence-electron chi connectivity index (χ2n) is 2.04. The highest BCUT2D eigenvalue weighted by molar-refractivity contribution is 6.01. The number of imide groups is 1. The van der Waals surface area contributed by atoms with E-state index in [4.69, 9.17) is 0 Å². The SMILES string of the molecule is NOC(=O)ON1C(=O)CCC1=O. The fourth-order valence-electron chi connectivity index (χ4n) is 0.754. The fourth-order valence-corrected chi connectivity index (χ4v) is 0.754. The Morgan fingerprint density at radius 3 is 2.25 bits per heavy atom. The minimum atomic E-state index is -1.29. The standard InChI is InChI=1S/C5H6N2O5/c6-11-5(10)12-7-3(8)1-2-4(7)9/h1-2,6H2. The van der Waals surface area contributed by atoms with Crippen LogP contribution in [0, 0.1) is 0 Å². The van der Waals surface area contributed by atoms with Crippen molar-refractivity contribution in [2.45, 2.75) is 12.8 Å². The zero-order valence-electron chi connectivity index (χ0n) is 5.98. The average Bonchev–Trinajstić information content (AvgIpc) is 2.35. The highest BCUT2D eigenvalue weighted by atomic mass is 16.9. The Balaban J connectivity index is 2.56. The smallest absolute Gasteiger partial charge is 0.339 e. The van der Waals surface area contributed by atoms with Gasteiger partial charge in [-0.25, -0.2) is 0 Å². The molecule has 7 nitrogen and oxygen atoms in total. The van der Waals surface area contributed by atoms with Crippen molar-refractivity contribution in [2.24, 2.45) is 5.90 Å². The summed E-state index contributed by atoms with van der Waals surface area (Å²) in [6.45, 7) is 0. The normalized spacial score (nSPS) is 16.6. The van der Waals surface area contributed by atoms with Gasteiger partial charge in [0.25, 0.3) is 11.8 Å². The first-order chi connectivity index (χ1) is 5.65. The molecule has 7 heteroatoms. The molecule has 0 aromatic heterocycles. The molecule has 0 spiro atoms. The molecule has 0 unspecified atom stereocenters. The lowest BCUT2D eigenvalue weighted by Crippen LogP contribution is -2.33. The summed E-state index contributed by atoms with van der Waals surface area (Å²) in [6.07, 6.45) is -1.22. The van der Waals surface area contributed by atoms with Crippen LogP contribution in [0.4, 0.5) is 4.79 Å². The largest absolute Gasteiger partial charge is 0.553 e. The first-order valence-electron chi connectivity index (χ1n) is 3.09. The Morgan fingerprint density at radius 1 is 1.33 bits per heavy atom. The zero-order chi connectivity index (χ0) is 9.14. The molecular formula is C5H6N2O5. The molecule has 1 heterocycles. The lowest BCUT2D eigenvalue weighted by atomic mass is 10.4. The van der Waals surface area contributed by atoms with Crippen LogP contribution in [0.3, 0.4) is 0 Å². The second-order valence-corrected chi connectivity index (χ2v) is 2.04. The van der Waals surface area contributed by atoms with Gasteiger partial charge >= 0.3 is 6.16 Å². The van der Waals surface area contributed by atoms with Gasteiger partial charge in [-0.3, -0.25) is 14.4 Å². The minimum absolute atomic E-state index is 0.0384. The molecule has 0 bridgehead atoms. The van der Waals surface area contributed by atoms with Gasteiger partial charge in [0.05, 0.1) is 0 Å². The number of carbonyl (C=O) groups excluding carboxylic acids is 3. The summed E-state index contributed by atoms with van der Waals surface area (Å²) in [5, 5.41) is 0.342. The summed E-state index contributed by atoms with van der Waals surface area (Å²) in [5.41, 5.74) is 0. The lowest BCUT2D eigenvalue weighted by Gasteiger charge is -2.09. The Hall–Kier alpha value is -1.63. The predicted octanol–water partition coefficient (Wildman–Crippen LogP) is -0.923. The van der Waals surface area contributed by atoms with E-state index in [0.29, 0.717) is 5.06 Å². The van der Waals surface area contributed by atoms with Crippen LogP contribution < -0.4 is 5.90 Å². The molecule has 0 saturated carbocycles. The number of nitrogens with zero attached hydrogens (tertiary/aromatic N) is 1. The first kappa shape index (κ1) is 8.47. The van der Waals surface area contributed by atoms with Crippen LogP contribution in [-0.2, 0) is 19.3 Å². The van der Waals surface area contributed by atoms with Crippen LogP contribution in [0.2, 0.25) is 0 Å². The fraction of sp³-hybridized carbons (Fsp3) is 0.400. The Bertz CT molecular complexity index is 222. The molecule has 2 N–H and O–H groups in total. The Labute approximate surface area is 66.9 Å². The van der Waals surface area contributed by atoms with Crippen molar-refractivity contribution in [3.05, 3.63) is 0 Å². The van der Waals surface area contributed by atoms with E-state index in [-0.39, 0.29) is 12.8 Å². The molecule has 1 rings (SSSR count). The molecule has 0 aliphatic carbocycles. The number of hydrogen-bond acceptors (Lipinski definition) is 6. The van der Waals surface area contributed by atoms with E-state index >= 15 is 0 Å². The van der Waals surface area contributed by atoms with Crippen molar-refractivity contribution < 1.29 is 24.1 Å². The number of carbonyl (C=O) groups is 3. The number of hydrogen-bond donors (Lipinski definition) is 1. The monoisotopic (exact) mass is 174 g/mol. The third-order valence-corrected chi connectivity index (χ3v) is 1.27. The van der Waals surface area contributed by atoms with Crippen LogP contribution in [0.25, 0.3) is 0 Å². The van der Waals surface area contributed by atoms with Gasteiger partial charge in [0.15, 0.2) is 0 Å². The zero-order valence-corrected chi connectivity index (χ0v) is 5.98. The van der Waals surface area contributed by atoms with E-state index in [1.54, 1.807) is 0 Å². The summed E-state index contributed by atoms with van der Waals surface area (Å²) in [7, 11) is 0. The van der Waals surface area contributed by atoms with E-state index < -0.39 is 18.0 Å². The first-order valence-corrected chi connectivity index (χ1v) is 3.09. The predicted molar refractivity (Wildman–Crippen MR) is 32.8 cm³/mol. The van der Waals surface area contributed by atoms with Crippen molar-refractivity contribution >= 4 is 18.0 Å². The maximum Gasteiger partial charge on any atom is 0.553 e. The van der Waals surface area contributed by atoms with Gasteiger partial charge < -0.3 is 4.84 Å². The maximum absolute atomic E-state index is 10.8. The average molecular weight is 174 g/mol. The molecule has 0 atom stereocenters. The summed E-state index contributed by atoms with van der Waals surface area (Å²) >= 11 is 0. The van der Waals surface area contributed by atoms with Crippen LogP contribution in [0.1, 0.15) is 12.8 Å². The quantitative estimate of drug-likeness (QED) is 0.407. The van der Waals surface area contributed by atoms with Gasteiger partial charge in [-0.05, 0) is 0 Å². The van der Waals surface area contributed by atoms with Crippen molar-refractivity contribution in [3.8, 4) is 0 Å². The third-order valence-electron chi connectivity index (χ3n) is 1.27. The highest BCUT2D eigenvalue weighted by Crippen LogP contribution is 2.11. The molecule has 1 aliphatic heterocycles.